The van der Waals surface area contributed by atoms with E-state index in [1.807, 2.05) is 16.3 Å². The normalized spacial score (nSPS) is 13.1. The largest absolute Gasteiger partial charge is 0.388 e. The molecule has 1 aromatic rings. The third kappa shape index (κ3) is 2.83. The lowest BCUT2D eigenvalue weighted by Gasteiger charge is -2.09. The van der Waals surface area contributed by atoms with Crippen LogP contribution in [0.1, 0.15) is 19.2 Å². The Morgan fingerprint density at radius 1 is 1.71 bits per heavy atom. The zero-order valence-electron chi connectivity index (χ0n) is 8.36. The van der Waals surface area contributed by atoms with E-state index in [1.54, 1.807) is 0 Å². The van der Waals surface area contributed by atoms with E-state index in [1.165, 1.54) is 0 Å². The predicted molar refractivity (Wildman–Crippen MR) is 60.9 cm³/mol. The maximum absolute atomic E-state index is 9.00. The number of hydrogen-bond acceptors (Lipinski definition) is 4. The quantitative estimate of drug-likeness (QED) is 0.758. The van der Waals surface area contributed by atoms with Crippen molar-refractivity contribution in [1.82, 2.24) is 14.8 Å². The van der Waals surface area contributed by atoms with Crippen LogP contribution in [0.15, 0.2) is 0 Å². The fraction of sp³-hybridized carbons (Fsp3) is 0.750. The molecular formula is C8H15N3OS2. The van der Waals surface area contributed by atoms with E-state index < -0.39 is 0 Å². The van der Waals surface area contributed by atoms with Crippen LogP contribution in [0.3, 0.4) is 0 Å². The van der Waals surface area contributed by atoms with Crippen LogP contribution in [0.2, 0.25) is 0 Å². The lowest BCUT2D eigenvalue weighted by atomic mass is 10.3. The van der Waals surface area contributed by atoms with Crippen molar-refractivity contribution < 1.29 is 5.11 Å². The second kappa shape index (κ2) is 5.53. The fourth-order valence-corrected chi connectivity index (χ4v) is 1.71. The van der Waals surface area contributed by atoms with Gasteiger partial charge in [0, 0.05) is 11.8 Å². The fourth-order valence-electron chi connectivity index (χ4n) is 1.13. The molecule has 1 atom stereocenters. The zero-order chi connectivity index (χ0) is 10.6. The summed E-state index contributed by atoms with van der Waals surface area (Å²) in [4.78, 5) is 0. The monoisotopic (exact) mass is 233 g/mol. The summed E-state index contributed by atoms with van der Waals surface area (Å²) >= 11 is 6.88. The van der Waals surface area contributed by atoms with Gasteiger partial charge in [-0.15, -0.1) is 0 Å². The number of aliphatic hydroxyl groups excluding tert-OH is 1. The summed E-state index contributed by atoms with van der Waals surface area (Å²) in [6.45, 7) is 2.92. The summed E-state index contributed by atoms with van der Waals surface area (Å²) in [6.07, 6.45) is 3.12. The molecule has 0 aliphatic rings. The van der Waals surface area contributed by atoms with Gasteiger partial charge < -0.3 is 9.67 Å². The molecule has 1 unspecified atom stereocenters. The molecule has 0 bridgehead atoms. The number of thioether (sulfide) groups is 1. The highest BCUT2D eigenvalue weighted by molar-refractivity contribution is 7.99. The van der Waals surface area contributed by atoms with Gasteiger partial charge in [-0.3, -0.25) is 5.10 Å². The molecule has 0 fully saturated rings. The summed E-state index contributed by atoms with van der Waals surface area (Å²) in [5.41, 5.74) is 0. The Morgan fingerprint density at radius 2 is 2.43 bits per heavy atom. The summed E-state index contributed by atoms with van der Waals surface area (Å²) in [5.74, 6) is 0.614. The summed E-state index contributed by atoms with van der Waals surface area (Å²) in [7, 11) is 0. The van der Waals surface area contributed by atoms with Gasteiger partial charge >= 0.3 is 0 Å². The number of H-pyrrole nitrogens is 1. The molecule has 0 aromatic carbocycles. The van der Waals surface area contributed by atoms with Gasteiger partial charge in [0.05, 0.1) is 0 Å². The van der Waals surface area contributed by atoms with E-state index in [0.717, 1.165) is 13.0 Å². The Hall–Kier alpha value is -0.330. The SMILES string of the molecule is CSC(C)CCn1c(CO)n[nH]c1=S. The highest BCUT2D eigenvalue weighted by atomic mass is 32.2. The average Bonchev–Trinajstić information content (AvgIpc) is 2.55. The van der Waals surface area contributed by atoms with E-state index >= 15 is 0 Å². The molecule has 0 saturated carbocycles. The lowest BCUT2D eigenvalue weighted by Crippen LogP contribution is -2.08. The molecular weight excluding hydrogens is 218 g/mol. The topological polar surface area (TPSA) is 53.8 Å². The third-order valence-corrected chi connectivity index (χ3v) is 3.49. The van der Waals surface area contributed by atoms with Crippen molar-refractivity contribution in [3.63, 3.8) is 0 Å². The first-order valence-electron chi connectivity index (χ1n) is 4.46. The maximum Gasteiger partial charge on any atom is 0.195 e. The second-order valence-corrected chi connectivity index (χ2v) is 4.75. The van der Waals surface area contributed by atoms with E-state index in [2.05, 4.69) is 23.4 Å². The molecule has 2 N–H and O–H groups in total. The van der Waals surface area contributed by atoms with E-state index in [9.17, 15) is 0 Å². The molecule has 0 saturated heterocycles. The van der Waals surface area contributed by atoms with Gasteiger partial charge in [0.15, 0.2) is 10.6 Å². The molecule has 14 heavy (non-hydrogen) atoms. The minimum absolute atomic E-state index is 0.0687. The summed E-state index contributed by atoms with van der Waals surface area (Å²) in [5, 5.41) is 16.2. The van der Waals surface area contributed by atoms with Crippen LogP contribution in [-0.4, -0.2) is 31.4 Å². The van der Waals surface area contributed by atoms with E-state index in [0.29, 0.717) is 15.8 Å². The van der Waals surface area contributed by atoms with Crippen LogP contribution >= 0.6 is 24.0 Å². The van der Waals surface area contributed by atoms with Crippen molar-refractivity contribution in [2.24, 2.45) is 0 Å². The Bertz CT molecular complexity index is 334. The zero-order valence-corrected chi connectivity index (χ0v) is 9.99. The van der Waals surface area contributed by atoms with Gasteiger partial charge in [-0.25, -0.2) is 0 Å². The van der Waals surface area contributed by atoms with Crippen molar-refractivity contribution >= 4 is 24.0 Å². The average molecular weight is 233 g/mol. The summed E-state index contributed by atoms with van der Waals surface area (Å²) in [6, 6.07) is 0. The molecule has 6 heteroatoms. The minimum atomic E-state index is -0.0687. The van der Waals surface area contributed by atoms with Gasteiger partial charge in [-0.1, -0.05) is 6.92 Å². The standard InChI is InChI=1S/C8H15N3OS2/c1-6(14-2)3-4-11-7(5-12)9-10-8(11)13/h6,12H,3-5H2,1-2H3,(H,10,13). The number of nitrogens with zero attached hydrogens (tertiary/aromatic N) is 2. The first-order valence-corrected chi connectivity index (χ1v) is 6.16. The Morgan fingerprint density at radius 3 is 3.00 bits per heavy atom. The summed E-state index contributed by atoms with van der Waals surface area (Å²) < 4.78 is 2.43. The first-order chi connectivity index (χ1) is 6.69. The molecule has 1 aromatic heterocycles. The lowest BCUT2D eigenvalue weighted by molar-refractivity contribution is 0.264. The van der Waals surface area contributed by atoms with Gasteiger partial charge in [0.2, 0.25) is 0 Å². The van der Waals surface area contributed by atoms with Crippen molar-refractivity contribution in [2.75, 3.05) is 6.26 Å². The molecule has 0 amide bonds. The molecule has 80 valence electrons. The van der Waals surface area contributed by atoms with Crippen LogP contribution in [0, 0.1) is 4.77 Å². The number of aromatic nitrogens is 3. The highest BCUT2D eigenvalue weighted by Gasteiger charge is 2.06. The second-order valence-electron chi connectivity index (χ2n) is 3.09. The van der Waals surface area contributed by atoms with Crippen molar-refractivity contribution in [3.8, 4) is 0 Å². The Kier molecular flexibility index (Phi) is 4.64. The Balaban J connectivity index is 2.65. The van der Waals surface area contributed by atoms with Crippen LogP contribution < -0.4 is 0 Å². The van der Waals surface area contributed by atoms with Crippen LogP contribution in [-0.2, 0) is 13.2 Å². The van der Waals surface area contributed by atoms with E-state index in [-0.39, 0.29) is 6.61 Å². The van der Waals surface area contributed by atoms with Crippen LogP contribution in [0.5, 0.6) is 0 Å². The predicted octanol–water partition coefficient (Wildman–Crippen LogP) is 1.57. The van der Waals surface area contributed by atoms with Gasteiger partial charge in [-0.2, -0.15) is 16.9 Å². The molecule has 0 aliphatic carbocycles. The molecule has 1 rings (SSSR count). The maximum atomic E-state index is 9.00. The molecule has 0 spiro atoms. The van der Waals surface area contributed by atoms with Crippen LogP contribution in [0.4, 0.5) is 0 Å². The van der Waals surface area contributed by atoms with Gasteiger partial charge in [0.25, 0.3) is 0 Å². The van der Waals surface area contributed by atoms with Gasteiger partial charge in [-0.05, 0) is 24.9 Å². The first kappa shape index (κ1) is 11.7. The van der Waals surface area contributed by atoms with E-state index in [4.69, 9.17) is 17.3 Å². The smallest absolute Gasteiger partial charge is 0.195 e. The van der Waals surface area contributed by atoms with Crippen molar-refractivity contribution in [1.29, 1.82) is 0 Å². The number of hydrogen-bond donors (Lipinski definition) is 2. The number of aliphatic hydroxyl groups is 1. The molecule has 0 aliphatic heterocycles. The molecule has 0 radical (unpaired) electrons. The number of aromatic amines is 1. The van der Waals surface area contributed by atoms with Crippen LogP contribution in [0.25, 0.3) is 0 Å². The highest BCUT2D eigenvalue weighted by Crippen LogP contribution is 2.11. The molecule has 4 nitrogen and oxygen atoms in total. The molecule has 1 heterocycles. The van der Waals surface area contributed by atoms with Crippen molar-refractivity contribution in [3.05, 3.63) is 10.6 Å². The number of rotatable bonds is 5. The van der Waals surface area contributed by atoms with Crippen molar-refractivity contribution in [2.45, 2.75) is 31.7 Å². The Labute approximate surface area is 92.7 Å². The number of nitrogens with one attached hydrogen (secondary N) is 1. The third-order valence-electron chi connectivity index (χ3n) is 2.14. The van der Waals surface area contributed by atoms with Gasteiger partial charge in [0.1, 0.15) is 6.61 Å². The minimum Gasteiger partial charge on any atom is -0.388 e.